The van der Waals surface area contributed by atoms with Crippen molar-refractivity contribution in [2.75, 3.05) is 17.2 Å². The van der Waals surface area contributed by atoms with Gasteiger partial charge in [0.15, 0.2) is 0 Å². The molecule has 0 aliphatic carbocycles. The van der Waals surface area contributed by atoms with Gasteiger partial charge in [0.2, 0.25) is 5.91 Å². The molecule has 0 saturated carbocycles. The smallest absolute Gasteiger partial charge is 0.278 e. The minimum absolute atomic E-state index is 0.0609. The molecular weight excluding hydrogens is 382 g/mol. The molecule has 0 fully saturated rings. The summed E-state index contributed by atoms with van der Waals surface area (Å²) >= 11 is 0. The molecule has 30 heavy (non-hydrogen) atoms. The van der Waals surface area contributed by atoms with Gasteiger partial charge in [-0.15, -0.1) is 0 Å². The van der Waals surface area contributed by atoms with Crippen LogP contribution in [0, 0.1) is 0 Å². The van der Waals surface area contributed by atoms with Crippen LogP contribution >= 0.6 is 0 Å². The van der Waals surface area contributed by atoms with Crippen molar-refractivity contribution in [1.82, 2.24) is 4.90 Å². The molecule has 3 rings (SSSR count). The number of carbonyl (C=O) groups excluding carboxylic acids is 3. The topological polar surface area (TPSA) is 87.7 Å². The number of rotatable bonds is 7. The second-order valence-corrected chi connectivity index (χ2v) is 7.18. The summed E-state index contributed by atoms with van der Waals surface area (Å²) in [5.74, 6) is -0.177. The van der Waals surface area contributed by atoms with E-state index in [4.69, 9.17) is 4.74 Å². The number of anilines is 2. The lowest BCUT2D eigenvalue weighted by Crippen LogP contribution is -2.32. The fraction of sp³-hybridized carbons (Fsp3) is 0.261. The van der Waals surface area contributed by atoms with Gasteiger partial charge in [-0.2, -0.15) is 0 Å². The maximum atomic E-state index is 12.9. The summed E-state index contributed by atoms with van der Waals surface area (Å²) in [5.41, 5.74) is 2.42. The van der Waals surface area contributed by atoms with Crippen LogP contribution in [0.25, 0.3) is 5.57 Å². The van der Waals surface area contributed by atoms with Gasteiger partial charge < -0.3 is 15.4 Å². The number of imide groups is 1. The van der Waals surface area contributed by atoms with Crippen LogP contribution in [-0.2, 0) is 14.4 Å². The first-order chi connectivity index (χ1) is 14.3. The van der Waals surface area contributed by atoms with E-state index in [0.29, 0.717) is 22.5 Å². The SMILES string of the molecule is CCN1C(=O)C(Nc2ccc(OC(C)C)cc2)=C(c2ccc(NC(C)=O)cc2)C1=O. The van der Waals surface area contributed by atoms with Crippen LogP contribution in [-0.4, -0.2) is 35.3 Å². The Balaban J connectivity index is 1.94. The zero-order valence-electron chi connectivity index (χ0n) is 17.5. The Morgan fingerprint density at radius 2 is 1.57 bits per heavy atom. The van der Waals surface area contributed by atoms with E-state index in [1.165, 1.54) is 11.8 Å². The first-order valence-corrected chi connectivity index (χ1v) is 9.82. The van der Waals surface area contributed by atoms with Gasteiger partial charge in [0, 0.05) is 24.8 Å². The highest BCUT2D eigenvalue weighted by Crippen LogP contribution is 2.31. The number of carbonyl (C=O) groups is 3. The van der Waals surface area contributed by atoms with E-state index in [1.807, 2.05) is 26.0 Å². The molecule has 3 amide bonds. The molecule has 156 valence electrons. The number of hydrogen-bond acceptors (Lipinski definition) is 5. The average molecular weight is 407 g/mol. The Morgan fingerprint density at radius 1 is 0.967 bits per heavy atom. The zero-order valence-corrected chi connectivity index (χ0v) is 17.5. The molecule has 0 aromatic heterocycles. The highest BCUT2D eigenvalue weighted by atomic mass is 16.5. The Kier molecular flexibility index (Phi) is 6.20. The number of amides is 3. The highest BCUT2D eigenvalue weighted by molar-refractivity contribution is 6.36. The Labute approximate surface area is 175 Å². The minimum atomic E-state index is -0.369. The minimum Gasteiger partial charge on any atom is -0.491 e. The van der Waals surface area contributed by atoms with Crippen molar-refractivity contribution in [2.45, 2.75) is 33.8 Å². The molecule has 0 bridgehead atoms. The maximum Gasteiger partial charge on any atom is 0.278 e. The van der Waals surface area contributed by atoms with Crippen molar-refractivity contribution in [3.8, 4) is 5.75 Å². The van der Waals surface area contributed by atoms with E-state index in [1.54, 1.807) is 43.3 Å². The normalized spacial score (nSPS) is 13.8. The summed E-state index contributed by atoms with van der Waals surface area (Å²) in [6.45, 7) is 7.35. The Bertz CT molecular complexity index is 992. The fourth-order valence-electron chi connectivity index (χ4n) is 3.20. The lowest BCUT2D eigenvalue weighted by molar-refractivity contribution is -0.136. The van der Waals surface area contributed by atoms with Gasteiger partial charge in [-0.3, -0.25) is 19.3 Å². The van der Waals surface area contributed by atoms with E-state index in [0.717, 1.165) is 5.75 Å². The number of likely N-dealkylation sites (N-methyl/N-ethyl adjacent to an activating group) is 1. The third kappa shape index (κ3) is 4.51. The quantitative estimate of drug-likeness (QED) is 0.684. The summed E-state index contributed by atoms with van der Waals surface area (Å²) in [4.78, 5) is 38.2. The predicted molar refractivity (Wildman–Crippen MR) is 116 cm³/mol. The lowest BCUT2D eigenvalue weighted by atomic mass is 10.0. The maximum absolute atomic E-state index is 12.9. The summed E-state index contributed by atoms with van der Waals surface area (Å²) in [6.07, 6.45) is 0.0609. The van der Waals surface area contributed by atoms with Crippen molar-refractivity contribution < 1.29 is 19.1 Å². The number of nitrogens with zero attached hydrogens (tertiary/aromatic N) is 1. The molecule has 1 aliphatic rings. The van der Waals surface area contributed by atoms with Gasteiger partial charge in [-0.1, -0.05) is 12.1 Å². The van der Waals surface area contributed by atoms with Gasteiger partial charge in [-0.25, -0.2) is 0 Å². The van der Waals surface area contributed by atoms with Crippen LogP contribution in [0.1, 0.15) is 33.3 Å². The van der Waals surface area contributed by atoms with E-state index in [-0.39, 0.29) is 36.1 Å². The Morgan fingerprint density at radius 3 is 2.10 bits per heavy atom. The summed E-state index contributed by atoms with van der Waals surface area (Å²) < 4.78 is 5.64. The number of hydrogen-bond donors (Lipinski definition) is 2. The molecule has 7 nitrogen and oxygen atoms in total. The second-order valence-electron chi connectivity index (χ2n) is 7.18. The highest BCUT2D eigenvalue weighted by Gasteiger charge is 2.38. The van der Waals surface area contributed by atoms with Crippen LogP contribution in [0.4, 0.5) is 11.4 Å². The van der Waals surface area contributed by atoms with Gasteiger partial charge in [-0.05, 0) is 62.7 Å². The molecule has 0 atom stereocenters. The molecular formula is C23H25N3O4. The second kappa shape index (κ2) is 8.82. The van der Waals surface area contributed by atoms with Crippen molar-refractivity contribution in [1.29, 1.82) is 0 Å². The molecule has 0 saturated heterocycles. The Hall–Kier alpha value is -3.61. The van der Waals surface area contributed by atoms with Crippen molar-refractivity contribution in [2.24, 2.45) is 0 Å². The largest absolute Gasteiger partial charge is 0.491 e. The third-order valence-electron chi connectivity index (χ3n) is 4.47. The van der Waals surface area contributed by atoms with Gasteiger partial charge >= 0.3 is 0 Å². The number of ether oxygens (including phenoxy) is 1. The average Bonchev–Trinajstić information content (AvgIpc) is 2.92. The van der Waals surface area contributed by atoms with E-state index in [2.05, 4.69) is 10.6 Å². The summed E-state index contributed by atoms with van der Waals surface area (Å²) in [5, 5.41) is 5.79. The van der Waals surface area contributed by atoms with Crippen molar-refractivity contribution in [3.63, 3.8) is 0 Å². The molecule has 0 spiro atoms. The van der Waals surface area contributed by atoms with Gasteiger partial charge in [0.1, 0.15) is 11.4 Å². The van der Waals surface area contributed by atoms with Crippen LogP contribution in [0.2, 0.25) is 0 Å². The molecule has 2 aromatic rings. The van der Waals surface area contributed by atoms with E-state index < -0.39 is 0 Å². The van der Waals surface area contributed by atoms with Crippen molar-refractivity contribution >= 4 is 34.7 Å². The molecule has 7 heteroatoms. The van der Waals surface area contributed by atoms with Crippen LogP contribution in [0.15, 0.2) is 54.2 Å². The van der Waals surface area contributed by atoms with Crippen LogP contribution in [0.3, 0.4) is 0 Å². The third-order valence-corrected chi connectivity index (χ3v) is 4.47. The van der Waals surface area contributed by atoms with E-state index >= 15 is 0 Å². The molecule has 2 N–H and O–H groups in total. The molecule has 1 aliphatic heterocycles. The molecule has 1 heterocycles. The summed E-state index contributed by atoms with van der Waals surface area (Å²) in [6, 6.07) is 14.0. The van der Waals surface area contributed by atoms with Crippen molar-refractivity contribution in [3.05, 3.63) is 59.8 Å². The molecule has 2 aromatic carbocycles. The molecule has 0 unspecified atom stereocenters. The van der Waals surface area contributed by atoms with Gasteiger partial charge in [0.05, 0.1) is 11.7 Å². The number of nitrogens with one attached hydrogen (secondary N) is 2. The predicted octanol–water partition coefficient (Wildman–Crippen LogP) is 3.64. The fourth-order valence-corrected chi connectivity index (χ4v) is 3.20. The summed E-state index contributed by atoms with van der Waals surface area (Å²) in [7, 11) is 0. The van der Waals surface area contributed by atoms with Crippen LogP contribution < -0.4 is 15.4 Å². The lowest BCUT2D eigenvalue weighted by Gasteiger charge is -2.13. The first kappa shape index (κ1) is 21.1. The van der Waals surface area contributed by atoms with Gasteiger partial charge in [0.25, 0.3) is 11.8 Å². The molecule has 0 radical (unpaired) electrons. The monoisotopic (exact) mass is 407 g/mol. The first-order valence-electron chi connectivity index (χ1n) is 9.82. The van der Waals surface area contributed by atoms with E-state index in [9.17, 15) is 14.4 Å². The zero-order chi connectivity index (χ0) is 21.8. The standard InChI is InChI=1S/C23H25N3O4/c1-5-26-22(28)20(16-6-8-17(9-7-16)24-15(4)27)21(23(26)29)25-18-10-12-19(13-11-18)30-14(2)3/h6-14,25H,5H2,1-4H3,(H,24,27). The van der Waals surface area contributed by atoms with Crippen LogP contribution in [0.5, 0.6) is 5.75 Å². The number of benzene rings is 2.